The zero-order chi connectivity index (χ0) is 14.4. The fraction of sp³-hybridized carbons (Fsp3) is 0.400. The van der Waals surface area contributed by atoms with Crippen molar-refractivity contribution in [3.05, 3.63) is 34.9 Å². The van der Waals surface area contributed by atoms with Crippen LogP contribution in [0.3, 0.4) is 0 Å². The van der Waals surface area contributed by atoms with Crippen molar-refractivity contribution in [2.24, 2.45) is 0 Å². The van der Waals surface area contributed by atoms with Gasteiger partial charge in [-0.2, -0.15) is 0 Å². The second-order valence-electron chi connectivity index (χ2n) is 5.56. The molecule has 0 saturated heterocycles. The molecule has 1 aromatic carbocycles. The molecule has 1 fully saturated rings. The van der Waals surface area contributed by atoms with Crippen LogP contribution < -0.4 is 5.73 Å². The van der Waals surface area contributed by atoms with Gasteiger partial charge in [-0.05, 0) is 25.0 Å². The lowest BCUT2D eigenvalue weighted by atomic mass is 10.1. The van der Waals surface area contributed by atoms with Crippen LogP contribution in [-0.2, 0) is 0 Å². The minimum absolute atomic E-state index is 0.234. The van der Waals surface area contributed by atoms with E-state index in [2.05, 4.69) is 18.8 Å². The third-order valence-electron chi connectivity index (χ3n) is 3.60. The number of rotatable bonds is 3. The molecule has 0 unspecified atom stereocenters. The number of hydrogen-bond donors (Lipinski definition) is 1. The van der Waals surface area contributed by atoms with Crippen molar-refractivity contribution >= 4 is 17.4 Å². The van der Waals surface area contributed by atoms with Crippen LogP contribution in [0.1, 0.15) is 44.5 Å². The van der Waals surface area contributed by atoms with Gasteiger partial charge in [0.25, 0.3) is 0 Å². The number of imidazole rings is 1. The summed E-state index contributed by atoms with van der Waals surface area (Å²) >= 11 is 6.13. The van der Waals surface area contributed by atoms with Crippen molar-refractivity contribution in [3.63, 3.8) is 0 Å². The van der Waals surface area contributed by atoms with Gasteiger partial charge in [0, 0.05) is 12.0 Å². The molecular weight excluding hydrogens is 277 g/mol. The quantitative estimate of drug-likeness (QED) is 0.912. The van der Waals surface area contributed by atoms with Crippen molar-refractivity contribution in [3.8, 4) is 11.3 Å². The van der Waals surface area contributed by atoms with Gasteiger partial charge >= 0.3 is 0 Å². The average molecular weight is 294 g/mol. The number of nitrogens with zero attached hydrogens (tertiary/aromatic N) is 2. The molecule has 3 nitrogen and oxygen atoms in total. The van der Waals surface area contributed by atoms with Gasteiger partial charge in [-0.25, -0.2) is 9.37 Å². The molecular formula is C15H17ClFN3. The number of benzene rings is 1. The molecule has 2 N–H and O–H groups in total. The summed E-state index contributed by atoms with van der Waals surface area (Å²) < 4.78 is 16.1. The van der Waals surface area contributed by atoms with E-state index in [4.69, 9.17) is 17.3 Å². The van der Waals surface area contributed by atoms with E-state index >= 15 is 0 Å². The minimum Gasteiger partial charge on any atom is -0.383 e. The van der Waals surface area contributed by atoms with Crippen LogP contribution in [0, 0.1) is 5.82 Å². The van der Waals surface area contributed by atoms with Crippen molar-refractivity contribution in [1.82, 2.24) is 9.55 Å². The van der Waals surface area contributed by atoms with Gasteiger partial charge < -0.3 is 10.3 Å². The lowest BCUT2D eigenvalue weighted by Gasteiger charge is -2.10. The normalized spacial score (nSPS) is 15.1. The predicted molar refractivity (Wildman–Crippen MR) is 79.4 cm³/mol. The maximum Gasteiger partial charge on any atom is 0.134 e. The molecule has 0 spiro atoms. The largest absolute Gasteiger partial charge is 0.383 e. The monoisotopic (exact) mass is 293 g/mol. The number of anilines is 1. The zero-order valence-corrected chi connectivity index (χ0v) is 12.3. The highest BCUT2D eigenvalue weighted by Gasteiger charge is 2.31. The third kappa shape index (κ3) is 2.08. The summed E-state index contributed by atoms with van der Waals surface area (Å²) in [7, 11) is 0. The number of nitrogens with two attached hydrogens (primary N) is 1. The highest BCUT2D eigenvalue weighted by atomic mass is 35.5. The van der Waals surface area contributed by atoms with Gasteiger partial charge in [0.1, 0.15) is 23.2 Å². The van der Waals surface area contributed by atoms with Crippen LogP contribution in [0.4, 0.5) is 10.2 Å². The van der Waals surface area contributed by atoms with Gasteiger partial charge in [-0.15, -0.1) is 0 Å². The Morgan fingerprint density at radius 1 is 1.40 bits per heavy atom. The first kappa shape index (κ1) is 13.4. The first-order chi connectivity index (χ1) is 9.50. The summed E-state index contributed by atoms with van der Waals surface area (Å²) in [5, 5.41) is 0.340. The van der Waals surface area contributed by atoms with Crippen LogP contribution in [0.15, 0.2) is 18.2 Å². The SMILES string of the molecule is CC(C)c1nc(-c2c(F)cccc2Cl)c(N)n1C1CC1. The van der Waals surface area contributed by atoms with Gasteiger partial charge in [-0.1, -0.05) is 31.5 Å². The Hall–Kier alpha value is -1.55. The topological polar surface area (TPSA) is 43.8 Å². The number of hydrogen-bond acceptors (Lipinski definition) is 2. The fourth-order valence-electron chi connectivity index (χ4n) is 2.49. The van der Waals surface area contributed by atoms with Gasteiger partial charge in [0.05, 0.1) is 10.6 Å². The van der Waals surface area contributed by atoms with E-state index in [1.54, 1.807) is 12.1 Å². The number of nitrogen functional groups attached to an aromatic ring is 1. The molecule has 1 heterocycles. The molecule has 5 heteroatoms. The summed E-state index contributed by atoms with van der Waals surface area (Å²) in [4.78, 5) is 4.58. The number of halogens is 2. The number of aromatic nitrogens is 2. The second-order valence-corrected chi connectivity index (χ2v) is 5.96. The van der Waals surface area contributed by atoms with Crippen LogP contribution in [0.25, 0.3) is 11.3 Å². The fourth-order valence-corrected chi connectivity index (χ4v) is 2.75. The molecule has 0 bridgehead atoms. The standard InChI is InChI=1S/C15H17ClFN3/c1-8(2)15-19-13(14(18)20(15)9-6-7-9)12-10(16)4-3-5-11(12)17/h3-5,8-9H,6-7,18H2,1-2H3. The molecule has 1 aliphatic carbocycles. The molecule has 1 aromatic heterocycles. The second kappa shape index (κ2) is 4.77. The molecule has 3 rings (SSSR count). The van der Waals surface area contributed by atoms with E-state index in [1.807, 2.05) is 4.57 Å². The first-order valence-electron chi connectivity index (χ1n) is 6.82. The van der Waals surface area contributed by atoms with Gasteiger partial charge in [0.15, 0.2) is 0 Å². The van der Waals surface area contributed by atoms with Crippen molar-refractivity contribution in [1.29, 1.82) is 0 Å². The zero-order valence-electron chi connectivity index (χ0n) is 11.5. The average Bonchev–Trinajstić information content (AvgIpc) is 3.15. The summed E-state index contributed by atoms with van der Waals surface area (Å²) in [6, 6.07) is 5.02. The van der Waals surface area contributed by atoms with E-state index in [0.717, 1.165) is 18.7 Å². The summed E-state index contributed by atoms with van der Waals surface area (Å²) in [5.74, 6) is 1.26. The molecule has 0 atom stereocenters. The van der Waals surface area contributed by atoms with Crippen molar-refractivity contribution in [2.45, 2.75) is 38.6 Å². The van der Waals surface area contributed by atoms with Crippen LogP contribution in [-0.4, -0.2) is 9.55 Å². The van der Waals surface area contributed by atoms with Crippen molar-refractivity contribution < 1.29 is 4.39 Å². The molecule has 0 aliphatic heterocycles. The first-order valence-corrected chi connectivity index (χ1v) is 7.20. The predicted octanol–water partition coefficient (Wildman–Crippen LogP) is 4.38. The van der Waals surface area contributed by atoms with Crippen LogP contribution in [0.5, 0.6) is 0 Å². The lowest BCUT2D eigenvalue weighted by molar-refractivity contribution is 0.631. The highest BCUT2D eigenvalue weighted by Crippen LogP contribution is 2.43. The third-order valence-corrected chi connectivity index (χ3v) is 3.92. The van der Waals surface area contributed by atoms with Crippen molar-refractivity contribution in [2.75, 3.05) is 5.73 Å². The van der Waals surface area contributed by atoms with Crippen LogP contribution in [0.2, 0.25) is 5.02 Å². The maximum atomic E-state index is 14.1. The van der Waals surface area contributed by atoms with Gasteiger partial charge in [-0.3, -0.25) is 0 Å². The molecule has 20 heavy (non-hydrogen) atoms. The highest BCUT2D eigenvalue weighted by molar-refractivity contribution is 6.33. The summed E-state index contributed by atoms with van der Waals surface area (Å²) in [6.07, 6.45) is 2.20. The Labute approximate surface area is 122 Å². The van der Waals surface area contributed by atoms with Crippen LogP contribution >= 0.6 is 11.6 Å². The Kier molecular flexibility index (Phi) is 3.21. The van der Waals surface area contributed by atoms with E-state index in [0.29, 0.717) is 28.1 Å². The Balaban J connectivity index is 2.22. The smallest absolute Gasteiger partial charge is 0.134 e. The summed E-state index contributed by atoms with van der Waals surface area (Å²) in [5.41, 5.74) is 6.99. The Bertz CT molecular complexity index is 639. The van der Waals surface area contributed by atoms with E-state index in [1.165, 1.54) is 6.07 Å². The molecule has 2 aromatic rings. The minimum atomic E-state index is -0.389. The molecule has 1 aliphatic rings. The van der Waals surface area contributed by atoms with E-state index in [9.17, 15) is 4.39 Å². The van der Waals surface area contributed by atoms with Gasteiger partial charge in [0.2, 0.25) is 0 Å². The molecule has 0 amide bonds. The molecule has 106 valence electrons. The maximum absolute atomic E-state index is 14.1. The Morgan fingerprint density at radius 3 is 2.65 bits per heavy atom. The Morgan fingerprint density at radius 2 is 2.10 bits per heavy atom. The molecule has 1 saturated carbocycles. The molecule has 0 radical (unpaired) electrons. The lowest BCUT2D eigenvalue weighted by Crippen LogP contribution is -2.06. The van der Waals surface area contributed by atoms with E-state index in [-0.39, 0.29) is 11.7 Å². The summed E-state index contributed by atoms with van der Waals surface area (Å²) in [6.45, 7) is 4.13. The van der Waals surface area contributed by atoms with E-state index < -0.39 is 0 Å².